The van der Waals surface area contributed by atoms with Crippen molar-refractivity contribution in [2.45, 2.75) is 17.9 Å². The molecule has 1 aromatic heterocycles. The number of fused-ring (bicyclic) bond motifs is 1. The van der Waals surface area contributed by atoms with Gasteiger partial charge in [0.1, 0.15) is 0 Å². The molecule has 0 N–H and O–H groups in total. The van der Waals surface area contributed by atoms with Crippen molar-refractivity contribution >= 4 is 23.4 Å². The molecule has 0 aliphatic carbocycles. The molecular formula is C20H23N3O2S. The van der Waals surface area contributed by atoms with Crippen LogP contribution in [0.15, 0.2) is 47.5 Å². The van der Waals surface area contributed by atoms with Crippen molar-refractivity contribution in [1.82, 2.24) is 9.88 Å². The third-order valence-electron chi connectivity index (χ3n) is 4.98. The lowest BCUT2D eigenvalue weighted by molar-refractivity contribution is -0.116. The Morgan fingerprint density at radius 1 is 1.27 bits per heavy atom. The predicted octanol–water partition coefficient (Wildman–Crippen LogP) is 2.91. The van der Waals surface area contributed by atoms with Crippen molar-refractivity contribution in [2.75, 3.05) is 43.5 Å². The van der Waals surface area contributed by atoms with Crippen LogP contribution in [0.5, 0.6) is 0 Å². The van der Waals surface area contributed by atoms with Crippen LogP contribution < -0.4 is 4.90 Å². The molecule has 4 rings (SSSR count). The van der Waals surface area contributed by atoms with Crippen molar-refractivity contribution in [3.63, 3.8) is 0 Å². The molecule has 1 saturated heterocycles. The van der Waals surface area contributed by atoms with Crippen molar-refractivity contribution in [1.29, 1.82) is 0 Å². The summed E-state index contributed by atoms with van der Waals surface area (Å²) in [6.07, 6.45) is 1.80. The zero-order valence-electron chi connectivity index (χ0n) is 14.9. The van der Waals surface area contributed by atoms with Crippen LogP contribution in [-0.4, -0.2) is 60.4 Å². The molecule has 3 heterocycles. The van der Waals surface area contributed by atoms with Crippen LogP contribution in [-0.2, 0) is 9.53 Å². The number of ether oxygens (including phenoxy) is 1. The molecule has 136 valence electrons. The average Bonchev–Trinajstić information content (AvgIpc) is 2.69. The number of rotatable bonds is 4. The van der Waals surface area contributed by atoms with Crippen LogP contribution in [0, 0.1) is 0 Å². The molecule has 0 spiro atoms. The van der Waals surface area contributed by atoms with E-state index in [1.165, 1.54) is 4.90 Å². The van der Waals surface area contributed by atoms with Gasteiger partial charge in [0, 0.05) is 42.3 Å². The second kappa shape index (κ2) is 7.78. The largest absolute Gasteiger partial charge is 0.379 e. The number of thioether (sulfide) groups is 1. The SMILES string of the molecule is C[C@H]1COCCN1CCN1C(=O)CSc2ccc(-c3ccccn3)cc21. The normalized spacial score (nSPS) is 20.9. The number of aromatic nitrogens is 1. The lowest BCUT2D eigenvalue weighted by atomic mass is 10.1. The number of benzene rings is 1. The fourth-order valence-corrected chi connectivity index (χ4v) is 4.38. The van der Waals surface area contributed by atoms with E-state index in [0.29, 0.717) is 18.3 Å². The lowest BCUT2D eigenvalue weighted by Crippen LogP contribution is -2.48. The Bertz CT molecular complexity index is 784. The first-order chi connectivity index (χ1) is 12.7. The zero-order chi connectivity index (χ0) is 17.9. The molecule has 6 heteroatoms. The fraction of sp³-hybridized carbons (Fsp3) is 0.400. The third-order valence-corrected chi connectivity index (χ3v) is 6.03. The number of pyridine rings is 1. The minimum atomic E-state index is 0.182. The smallest absolute Gasteiger partial charge is 0.237 e. The molecular weight excluding hydrogens is 346 g/mol. The van der Waals surface area contributed by atoms with Crippen LogP contribution in [0.3, 0.4) is 0 Å². The van der Waals surface area contributed by atoms with Crippen molar-refractivity contribution < 1.29 is 9.53 Å². The van der Waals surface area contributed by atoms with Gasteiger partial charge in [0.05, 0.1) is 30.3 Å². The minimum Gasteiger partial charge on any atom is -0.379 e. The van der Waals surface area contributed by atoms with Gasteiger partial charge in [-0.2, -0.15) is 0 Å². The first kappa shape index (κ1) is 17.5. The van der Waals surface area contributed by atoms with Gasteiger partial charge in [0.25, 0.3) is 0 Å². The summed E-state index contributed by atoms with van der Waals surface area (Å²) in [6.45, 7) is 6.23. The van der Waals surface area contributed by atoms with E-state index < -0.39 is 0 Å². The molecule has 2 aliphatic heterocycles. The maximum absolute atomic E-state index is 12.6. The average molecular weight is 369 g/mol. The summed E-state index contributed by atoms with van der Waals surface area (Å²) in [7, 11) is 0. The number of hydrogen-bond acceptors (Lipinski definition) is 5. The summed E-state index contributed by atoms with van der Waals surface area (Å²) in [5.74, 6) is 0.691. The van der Waals surface area contributed by atoms with E-state index >= 15 is 0 Å². The number of morpholine rings is 1. The maximum Gasteiger partial charge on any atom is 0.237 e. The molecule has 1 amide bonds. The lowest BCUT2D eigenvalue weighted by Gasteiger charge is -2.36. The van der Waals surface area contributed by atoms with Crippen LogP contribution in [0.4, 0.5) is 5.69 Å². The monoisotopic (exact) mass is 369 g/mol. The molecule has 0 bridgehead atoms. The number of amides is 1. The Morgan fingerprint density at radius 2 is 2.19 bits per heavy atom. The van der Waals surface area contributed by atoms with Gasteiger partial charge in [-0.05, 0) is 31.2 Å². The van der Waals surface area contributed by atoms with E-state index in [1.807, 2.05) is 23.1 Å². The summed E-state index contributed by atoms with van der Waals surface area (Å²) in [6, 6.07) is 12.6. The highest BCUT2D eigenvalue weighted by Crippen LogP contribution is 2.37. The Kier molecular flexibility index (Phi) is 5.24. The predicted molar refractivity (Wildman–Crippen MR) is 105 cm³/mol. The summed E-state index contributed by atoms with van der Waals surface area (Å²) >= 11 is 1.62. The molecule has 0 unspecified atom stereocenters. The van der Waals surface area contributed by atoms with Gasteiger partial charge in [-0.1, -0.05) is 12.1 Å². The van der Waals surface area contributed by atoms with Gasteiger partial charge in [0.15, 0.2) is 0 Å². The molecule has 0 radical (unpaired) electrons. The topological polar surface area (TPSA) is 45.7 Å². The van der Waals surface area contributed by atoms with Crippen molar-refractivity contribution in [3.8, 4) is 11.3 Å². The molecule has 2 aromatic rings. The first-order valence-corrected chi connectivity index (χ1v) is 10.0. The van der Waals surface area contributed by atoms with Crippen LogP contribution >= 0.6 is 11.8 Å². The molecule has 2 aliphatic rings. The van der Waals surface area contributed by atoms with Gasteiger partial charge >= 0.3 is 0 Å². The highest BCUT2D eigenvalue weighted by molar-refractivity contribution is 8.00. The maximum atomic E-state index is 12.6. The van der Waals surface area contributed by atoms with E-state index in [0.717, 1.165) is 43.2 Å². The van der Waals surface area contributed by atoms with Crippen LogP contribution in [0.2, 0.25) is 0 Å². The number of nitrogens with zero attached hydrogens (tertiary/aromatic N) is 3. The van der Waals surface area contributed by atoms with E-state index in [9.17, 15) is 4.79 Å². The second-order valence-electron chi connectivity index (χ2n) is 6.69. The molecule has 1 aromatic carbocycles. The molecule has 26 heavy (non-hydrogen) atoms. The van der Waals surface area contributed by atoms with Gasteiger partial charge < -0.3 is 9.64 Å². The summed E-state index contributed by atoms with van der Waals surface area (Å²) in [5.41, 5.74) is 2.99. The van der Waals surface area contributed by atoms with E-state index in [-0.39, 0.29) is 5.91 Å². The first-order valence-electron chi connectivity index (χ1n) is 9.03. The minimum absolute atomic E-state index is 0.182. The Balaban J connectivity index is 1.57. The van der Waals surface area contributed by atoms with Crippen LogP contribution in [0.25, 0.3) is 11.3 Å². The van der Waals surface area contributed by atoms with E-state index in [2.05, 4.69) is 35.0 Å². The Morgan fingerprint density at radius 3 is 3.00 bits per heavy atom. The van der Waals surface area contributed by atoms with E-state index in [1.54, 1.807) is 18.0 Å². The van der Waals surface area contributed by atoms with Gasteiger partial charge in [-0.3, -0.25) is 14.7 Å². The summed E-state index contributed by atoms with van der Waals surface area (Å²) in [5, 5.41) is 0. The number of anilines is 1. The number of carbonyl (C=O) groups excluding carboxylic acids is 1. The quantitative estimate of drug-likeness (QED) is 0.829. The molecule has 1 fully saturated rings. The van der Waals surface area contributed by atoms with Crippen molar-refractivity contribution in [2.24, 2.45) is 0 Å². The molecule has 1 atom stereocenters. The second-order valence-corrected chi connectivity index (χ2v) is 7.71. The zero-order valence-corrected chi connectivity index (χ0v) is 15.7. The number of carbonyl (C=O) groups is 1. The molecule has 5 nitrogen and oxygen atoms in total. The van der Waals surface area contributed by atoms with Crippen LogP contribution in [0.1, 0.15) is 6.92 Å². The Hall–Kier alpha value is -1.89. The van der Waals surface area contributed by atoms with Gasteiger partial charge in [-0.25, -0.2) is 0 Å². The third kappa shape index (κ3) is 3.63. The van der Waals surface area contributed by atoms with Crippen molar-refractivity contribution in [3.05, 3.63) is 42.6 Å². The standard InChI is InChI=1S/C20H23N3O2S/c1-15-13-25-11-10-22(15)8-9-23-18-12-16(17-4-2-3-7-21-17)5-6-19(18)26-14-20(23)24/h2-7,12,15H,8-11,13-14H2,1H3/t15-/m0/s1. The molecule has 0 saturated carbocycles. The fourth-order valence-electron chi connectivity index (χ4n) is 3.46. The van der Waals surface area contributed by atoms with Gasteiger partial charge in [0.2, 0.25) is 5.91 Å². The summed E-state index contributed by atoms with van der Waals surface area (Å²) < 4.78 is 5.51. The number of hydrogen-bond donors (Lipinski definition) is 0. The Labute approximate surface area is 158 Å². The van der Waals surface area contributed by atoms with E-state index in [4.69, 9.17) is 4.74 Å². The highest BCUT2D eigenvalue weighted by atomic mass is 32.2. The highest BCUT2D eigenvalue weighted by Gasteiger charge is 2.27. The summed E-state index contributed by atoms with van der Waals surface area (Å²) in [4.78, 5) is 22.6. The van der Waals surface area contributed by atoms with Gasteiger partial charge in [-0.15, -0.1) is 11.8 Å².